The molecule has 0 spiro atoms. The second-order valence-corrected chi connectivity index (χ2v) is 5.78. The molecule has 0 aromatic heterocycles. The molecule has 1 aliphatic carbocycles. The van der Waals surface area contributed by atoms with E-state index >= 15 is 0 Å². The Morgan fingerprint density at radius 1 is 1.41 bits per heavy atom. The molecule has 0 amide bonds. The molecule has 1 aromatic carbocycles. The van der Waals surface area contributed by atoms with Crippen molar-refractivity contribution in [3.8, 4) is 0 Å². The fourth-order valence-corrected chi connectivity index (χ4v) is 3.03. The van der Waals surface area contributed by atoms with Gasteiger partial charge in [0.05, 0.1) is 5.60 Å². The number of fused-ring (bicyclic) bond motifs is 1. The SMILES string of the molecule is CCC(C)CC1(O)CCC(C)c2ccccc21. The van der Waals surface area contributed by atoms with Gasteiger partial charge >= 0.3 is 0 Å². The van der Waals surface area contributed by atoms with Crippen LogP contribution in [0.1, 0.15) is 63.5 Å². The fourth-order valence-electron chi connectivity index (χ4n) is 3.03. The third-order valence-electron chi connectivity index (χ3n) is 4.37. The van der Waals surface area contributed by atoms with Crippen molar-refractivity contribution in [3.05, 3.63) is 35.4 Å². The molecule has 0 heterocycles. The van der Waals surface area contributed by atoms with Crippen LogP contribution in [-0.4, -0.2) is 5.11 Å². The van der Waals surface area contributed by atoms with E-state index in [4.69, 9.17) is 0 Å². The molecule has 0 radical (unpaired) electrons. The molecule has 2 rings (SSSR count). The second-order valence-electron chi connectivity index (χ2n) is 5.78. The molecule has 0 bridgehead atoms. The number of hydrogen-bond acceptors (Lipinski definition) is 1. The Morgan fingerprint density at radius 3 is 2.82 bits per heavy atom. The van der Waals surface area contributed by atoms with Crippen molar-refractivity contribution in [2.75, 3.05) is 0 Å². The molecule has 1 heteroatoms. The average molecular weight is 232 g/mol. The number of hydrogen-bond donors (Lipinski definition) is 1. The van der Waals surface area contributed by atoms with Crippen LogP contribution in [0.5, 0.6) is 0 Å². The van der Waals surface area contributed by atoms with Gasteiger partial charge in [-0.2, -0.15) is 0 Å². The molecule has 0 saturated heterocycles. The van der Waals surface area contributed by atoms with Crippen LogP contribution in [0.15, 0.2) is 24.3 Å². The van der Waals surface area contributed by atoms with E-state index in [1.807, 2.05) is 0 Å². The summed E-state index contributed by atoms with van der Waals surface area (Å²) in [7, 11) is 0. The van der Waals surface area contributed by atoms with E-state index in [1.165, 1.54) is 11.1 Å². The van der Waals surface area contributed by atoms with Gasteiger partial charge in [0.1, 0.15) is 0 Å². The Balaban J connectivity index is 2.34. The predicted molar refractivity (Wildman–Crippen MR) is 72.1 cm³/mol. The zero-order chi connectivity index (χ0) is 12.5. The van der Waals surface area contributed by atoms with Gasteiger partial charge < -0.3 is 5.11 Å². The Morgan fingerprint density at radius 2 is 2.12 bits per heavy atom. The zero-order valence-corrected chi connectivity index (χ0v) is 11.2. The largest absolute Gasteiger partial charge is 0.385 e. The van der Waals surface area contributed by atoms with Crippen LogP contribution in [0, 0.1) is 5.92 Å². The molecule has 1 aliphatic rings. The molecule has 0 saturated carbocycles. The average Bonchev–Trinajstić information content (AvgIpc) is 2.35. The van der Waals surface area contributed by atoms with Crippen molar-refractivity contribution in [1.82, 2.24) is 0 Å². The molecular weight excluding hydrogens is 208 g/mol. The van der Waals surface area contributed by atoms with Crippen molar-refractivity contribution >= 4 is 0 Å². The topological polar surface area (TPSA) is 20.2 Å². The Labute approximate surface area is 105 Å². The van der Waals surface area contributed by atoms with Gasteiger partial charge in [-0.05, 0) is 42.2 Å². The molecule has 1 nitrogen and oxygen atoms in total. The van der Waals surface area contributed by atoms with Gasteiger partial charge in [0.25, 0.3) is 0 Å². The van der Waals surface area contributed by atoms with Crippen LogP contribution in [0.2, 0.25) is 0 Å². The number of rotatable bonds is 3. The van der Waals surface area contributed by atoms with Crippen LogP contribution in [0.4, 0.5) is 0 Å². The summed E-state index contributed by atoms with van der Waals surface area (Å²) in [6.45, 7) is 6.70. The standard InChI is InChI=1S/C16H24O/c1-4-12(2)11-16(17)10-9-13(3)14-7-5-6-8-15(14)16/h5-8,12-13,17H,4,9-11H2,1-3H3. The third kappa shape index (κ3) is 2.40. The first kappa shape index (κ1) is 12.6. The maximum Gasteiger partial charge on any atom is 0.0902 e. The Hall–Kier alpha value is -0.820. The van der Waals surface area contributed by atoms with E-state index in [0.29, 0.717) is 11.8 Å². The van der Waals surface area contributed by atoms with Gasteiger partial charge in [-0.1, -0.05) is 51.5 Å². The minimum atomic E-state index is -0.585. The lowest BCUT2D eigenvalue weighted by atomic mass is 9.71. The summed E-state index contributed by atoms with van der Waals surface area (Å²) in [5.41, 5.74) is 1.95. The second kappa shape index (κ2) is 4.81. The number of benzene rings is 1. The summed E-state index contributed by atoms with van der Waals surface area (Å²) in [5, 5.41) is 10.9. The molecular formula is C16H24O. The smallest absolute Gasteiger partial charge is 0.0902 e. The maximum atomic E-state index is 10.9. The third-order valence-corrected chi connectivity index (χ3v) is 4.37. The van der Waals surface area contributed by atoms with Crippen molar-refractivity contribution < 1.29 is 5.11 Å². The van der Waals surface area contributed by atoms with E-state index in [9.17, 15) is 5.11 Å². The lowest BCUT2D eigenvalue weighted by Crippen LogP contribution is -2.33. The summed E-state index contributed by atoms with van der Waals surface area (Å²) in [5.74, 6) is 1.17. The normalized spacial score (nSPS) is 29.8. The molecule has 1 N–H and O–H groups in total. The molecule has 17 heavy (non-hydrogen) atoms. The van der Waals surface area contributed by atoms with E-state index in [-0.39, 0.29) is 0 Å². The van der Waals surface area contributed by atoms with Gasteiger partial charge in [0, 0.05) is 0 Å². The quantitative estimate of drug-likeness (QED) is 0.827. The lowest BCUT2D eigenvalue weighted by Gasteiger charge is -2.38. The monoisotopic (exact) mass is 232 g/mol. The molecule has 3 unspecified atom stereocenters. The van der Waals surface area contributed by atoms with Crippen molar-refractivity contribution in [2.24, 2.45) is 5.92 Å². The van der Waals surface area contributed by atoms with Gasteiger partial charge in [0.15, 0.2) is 0 Å². The molecule has 1 aromatic rings. The highest BCUT2D eigenvalue weighted by Crippen LogP contribution is 2.44. The van der Waals surface area contributed by atoms with Gasteiger partial charge in [-0.15, -0.1) is 0 Å². The summed E-state index contributed by atoms with van der Waals surface area (Å²) in [6.07, 6.45) is 4.05. The van der Waals surface area contributed by atoms with E-state index in [1.54, 1.807) is 0 Å². The van der Waals surface area contributed by atoms with E-state index in [2.05, 4.69) is 45.0 Å². The first-order chi connectivity index (χ1) is 8.07. The van der Waals surface area contributed by atoms with Gasteiger partial charge in [0.2, 0.25) is 0 Å². The maximum absolute atomic E-state index is 10.9. The van der Waals surface area contributed by atoms with Crippen LogP contribution in [0.25, 0.3) is 0 Å². The highest BCUT2D eigenvalue weighted by Gasteiger charge is 2.37. The van der Waals surface area contributed by atoms with E-state index in [0.717, 1.165) is 25.7 Å². The van der Waals surface area contributed by atoms with Crippen LogP contribution < -0.4 is 0 Å². The highest BCUT2D eigenvalue weighted by atomic mass is 16.3. The molecule has 3 atom stereocenters. The first-order valence-corrected chi connectivity index (χ1v) is 6.88. The predicted octanol–water partition coefficient (Wildman–Crippen LogP) is 4.21. The van der Waals surface area contributed by atoms with Gasteiger partial charge in [-0.25, -0.2) is 0 Å². The summed E-state index contributed by atoms with van der Waals surface area (Å²) >= 11 is 0. The fraction of sp³-hybridized carbons (Fsp3) is 0.625. The minimum absolute atomic E-state index is 0.585. The first-order valence-electron chi connectivity index (χ1n) is 6.88. The van der Waals surface area contributed by atoms with E-state index < -0.39 is 5.60 Å². The lowest BCUT2D eigenvalue weighted by molar-refractivity contribution is -0.00653. The Kier molecular flexibility index (Phi) is 3.58. The van der Waals surface area contributed by atoms with Crippen molar-refractivity contribution in [1.29, 1.82) is 0 Å². The minimum Gasteiger partial charge on any atom is -0.385 e. The highest BCUT2D eigenvalue weighted by molar-refractivity contribution is 5.37. The summed E-state index contributed by atoms with van der Waals surface area (Å²) in [6, 6.07) is 8.44. The molecule has 94 valence electrons. The van der Waals surface area contributed by atoms with Crippen LogP contribution >= 0.6 is 0 Å². The summed E-state index contributed by atoms with van der Waals surface area (Å²) < 4.78 is 0. The van der Waals surface area contributed by atoms with Crippen molar-refractivity contribution in [2.45, 2.75) is 58.0 Å². The van der Waals surface area contributed by atoms with Crippen LogP contribution in [-0.2, 0) is 5.60 Å². The summed E-state index contributed by atoms with van der Waals surface area (Å²) in [4.78, 5) is 0. The molecule has 0 aliphatic heterocycles. The van der Waals surface area contributed by atoms with Crippen LogP contribution in [0.3, 0.4) is 0 Å². The van der Waals surface area contributed by atoms with Crippen molar-refractivity contribution in [3.63, 3.8) is 0 Å². The Bertz CT molecular complexity index is 385. The van der Waals surface area contributed by atoms with Gasteiger partial charge in [-0.3, -0.25) is 0 Å². The zero-order valence-electron chi connectivity index (χ0n) is 11.2. The molecule has 0 fully saturated rings. The number of aliphatic hydroxyl groups is 1.